The van der Waals surface area contributed by atoms with Crippen LogP contribution < -0.4 is 0 Å². The largest absolute Gasteiger partial charge is 0.463 e. The van der Waals surface area contributed by atoms with Crippen molar-refractivity contribution in [3.8, 4) is 10.6 Å². The molecule has 2 aliphatic heterocycles. The molecule has 11 nitrogen and oxygen atoms in total. The summed E-state index contributed by atoms with van der Waals surface area (Å²) in [6, 6.07) is 3.54. The number of hydrogen-bond acceptors (Lipinski definition) is 11. The van der Waals surface area contributed by atoms with Crippen LogP contribution in [0, 0.1) is 0 Å². The number of ether oxygens (including phenoxy) is 5. The molecule has 4 atom stereocenters. The molecule has 2 aromatic rings. The fourth-order valence-electron chi connectivity index (χ4n) is 3.68. The molecule has 31 heavy (non-hydrogen) atoms. The quantitative estimate of drug-likeness (QED) is 0.638. The molecule has 1 N–H and O–H groups in total. The van der Waals surface area contributed by atoms with Gasteiger partial charge in [-0.05, 0) is 32.2 Å². The van der Waals surface area contributed by atoms with Crippen molar-refractivity contribution in [3.63, 3.8) is 0 Å². The zero-order valence-corrected chi connectivity index (χ0v) is 18.2. The van der Waals surface area contributed by atoms with E-state index >= 15 is 0 Å². The molecule has 0 unspecified atom stereocenters. The second-order valence-electron chi connectivity index (χ2n) is 7.53. The minimum absolute atomic E-state index is 0.0699. The monoisotopic (exact) mass is 453 g/mol. The molecule has 0 bridgehead atoms. The van der Waals surface area contributed by atoms with Crippen LogP contribution in [0.5, 0.6) is 0 Å². The van der Waals surface area contributed by atoms with Gasteiger partial charge in [0, 0.05) is 6.92 Å². The van der Waals surface area contributed by atoms with Crippen molar-refractivity contribution in [1.29, 1.82) is 0 Å². The smallest absolute Gasteiger partial charge is 0.361 e. The maximum Gasteiger partial charge on any atom is 0.361 e. The highest BCUT2D eigenvalue weighted by Gasteiger charge is 2.65. The lowest BCUT2D eigenvalue weighted by Crippen LogP contribution is -2.46. The maximum absolute atomic E-state index is 12.5. The predicted octanol–water partition coefficient (Wildman–Crippen LogP) is 1.27. The van der Waals surface area contributed by atoms with Gasteiger partial charge in [0.25, 0.3) is 0 Å². The molecule has 0 spiro atoms. The Morgan fingerprint density at radius 1 is 1.29 bits per heavy atom. The summed E-state index contributed by atoms with van der Waals surface area (Å²) in [5, 5.41) is 21.4. The third-order valence-electron chi connectivity index (χ3n) is 4.84. The lowest BCUT2D eigenvalue weighted by Gasteiger charge is -2.30. The van der Waals surface area contributed by atoms with E-state index in [2.05, 4.69) is 10.3 Å². The molecule has 168 valence electrons. The van der Waals surface area contributed by atoms with E-state index < -0.39 is 41.9 Å². The highest BCUT2D eigenvalue weighted by molar-refractivity contribution is 7.13. The van der Waals surface area contributed by atoms with E-state index in [1.54, 1.807) is 32.9 Å². The predicted molar refractivity (Wildman–Crippen MR) is 105 cm³/mol. The van der Waals surface area contributed by atoms with E-state index in [1.807, 2.05) is 5.38 Å². The third-order valence-corrected chi connectivity index (χ3v) is 5.72. The number of aliphatic hydroxyl groups is 1. The molecule has 2 aromatic heterocycles. The van der Waals surface area contributed by atoms with Crippen LogP contribution in [-0.4, -0.2) is 69.4 Å². The van der Waals surface area contributed by atoms with E-state index in [-0.39, 0.29) is 24.6 Å². The Bertz CT molecular complexity index is 975. The first kappa shape index (κ1) is 21.8. The number of carbonyl (C=O) groups excluding carboxylic acids is 2. The van der Waals surface area contributed by atoms with Crippen molar-refractivity contribution < 1.29 is 38.4 Å². The normalized spacial score (nSPS) is 29.0. The van der Waals surface area contributed by atoms with Gasteiger partial charge in [-0.15, -0.1) is 16.4 Å². The summed E-state index contributed by atoms with van der Waals surface area (Å²) < 4.78 is 29.0. The number of esters is 2. The second-order valence-corrected chi connectivity index (χ2v) is 8.48. The SMILES string of the molecule is CCOC(=O)c1nnn([C@@]2(O)O[C@H](COC(C)=O)[C@H]3OC(C)(C)O[C@H]32)c1-c1cccs1. The first-order valence-corrected chi connectivity index (χ1v) is 10.6. The van der Waals surface area contributed by atoms with Crippen LogP contribution in [-0.2, 0) is 34.4 Å². The maximum atomic E-state index is 12.5. The van der Waals surface area contributed by atoms with Crippen LogP contribution in [0.1, 0.15) is 38.2 Å². The average Bonchev–Trinajstić information content (AvgIpc) is 3.44. The molecule has 0 aromatic carbocycles. The molecule has 4 rings (SSSR count). The van der Waals surface area contributed by atoms with E-state index in [0.29, 0.717) is 4.88 Å². The van der Waals surface area contributed by atoms with E-state index in [1.165, 1.54) is 18.3 Å². The zero-order chi connectivity index (χ0) is 22.4. The summed E-state index contributed by atoms with van der Waals surface area (Å²) in [4.78, 5) is 24.4. The first-order chi connectivity index (χ1) is 14.7. The highest BCUT2D eigenvalue weighted by atomic mass is 32.1. The van der Waals surface area contributed by atoms with Gasteiger partial charge in [0.1, 0.15) is 24.5 Å². The second kappa shape index (κ2) is 7.95. The Balaban J connectivity index is 1.79. The zero-order valence-electron chi connectivity index (χ0n) is 17.4. The Kier molecular flexibility index (Phi) is 5.60. The van der Waals surface area contributed by atoms with Crippen LogP contribution in [0.15, 0.2) is 17.5 Å². The summed E-state index contributed by atoms with van der Waals surface area (Å²) in [5.41, 5.74) is 0.149. The fourth-order valence-corrected chi connectivity index (χ4v) is 4.44. The molecular formula is C19H23N3O8S. The number of fused-ring (bicyclic) bond motifs is 1. The summed E-state index contributed by atoms with van der Waals surface area (Å²) in [6.45, 7) is 6.33. The van der Waals surface area contributed by atoms with Gasteiger partial charge in [-0.3, -0.25) is 4.79 Å². The van der Waals surface area contributed by atoms with Gasteiger partial charge in [0.2, 0.25) is 0 Å². The van der Waals surface area contributed by atoms with Gasteiger partial charge < -0.3 is 28.8 Å². The van der Waals surface area contributed by atoms with Crippen LogP contribution in [0.2, 0.25) is 0 Å². The number of thiophene rings is 1. The molecule has 4 heterocycles. The molecule has 2 fully saturated rings. The average molecular weight is 453 g/mol. The molecule has 0 saturated carbocycles. The fraction of sp³-hybridized carbons (Fsp3) is 0.579. The lowest BCUT2D eigenvalue weighted by molar-refractivity contribution is -0.323. The van der Waals surface area contributed by atoms with Crippen LogP contribution in [0.25, 0.3) is 10.6 Å². The summed E-state index contributed by atoms with van der Waals surface area (Å²) >= 11 is 1.33. The summed E-state index contributed by atoms with van der Waals surface area (Å²) in [6.07, 6.45) is -2.63. The van der Waals surface area contributed by atoms with E-state index in [0.717, 1.165) is 4.68 Å². The summed E-state index contributed by atoms with van der Waals surface area (Å²) in [5.74, 6) is -4.40. The highest BCUT2D eigenvalue weighted by Crippen LogP contribution is 2.47. The van der Waals surface area contributed by atoms with Crippen molar-refractivity contribution in [3.05, 3.63) is 23.2 Å². The molecule has 2 aliphatic rings. The Morgan fingerprint density at radius 3 is 2.71 bits per heavy atom. The molecule has 0 amide bonds. The number of carbonyl (C=O) groups is 2. The van der Waals surface area contributed by atoms with Crippen molar-refractivity contribution in [2.45, 2.75) is 57.7 Å². The standard InChI is InChI=1S/C19H23N3O8S/c1-5-26-17(24)13-14(12-7-6-8-31-12)22(21-20-13)19(25)16-15(29-18(3,4)30-16)11(28-19)9-27-10(2)23/h6-8,11,15-16,25H,5,9H2,1-4H3/t11-,15-,16-,19+/m1/s1. The Labute approximate surface area is 181 Å². The number of hydrogen-bond donors (Lipinski definition) is 1. The minimum Gasteiger partial charge on any atom is -0.463 e. The van der Waals surface area contributed by atoms with Gasteiger partial charge in [0.15, 0.2) is 17.6 Å². The van der Waals surface area contributed by atoms with E-state index in [4.69, 9.17) is 23.7 Å². The van der Waals surface area contributed by atoms with E-state index in [9.17, 15) is 14.7 Å². The topological polar surface area (TPSA) is 131 Å². The molecule has 12 heteroatoms. The van der Waals surface area contributed by atoms with Crippen LogP contribution >= 0.6 is 11.3 Å². The number of aromatic nitrogens is 3. The van der Waals surface area contributed by atoms with Crippen LogP contribution in [0.3, 0.4) is 0 Å². The lowest BCUT2D eigenvalue weighted by atomic mass is 10.1. The minimum atomic E-state index is -2.18. The van der Waals surface area contributed by atoms with Gasteiger partial charge in [-0.1, -0.05) is 11.3 Å². The summed E-state index contributed by atoms with van der Waals surface area (Å²) in [7, 11) is 0. The third kappa shape index (κ3) is 3.85. The first-order valence-electron chi connectivity index (χ1n) is 9.72. The van der Waals surface area contributed by atoms with Crippen LogP contribution in [0.4, 0.5) is 0 Å². The number of nitrogens with zero attached hydrogens (tertiary/aromatic N) is 3. The molecular weight excluding hydrogens is 430 g/mol. The van der Waals surface area contributed by atoms with Gasteiger partial charge >= 0.3 is 17.8 Å². The molecule has 2 saturated heterocycles. The van der Waals surface area contributed by atoms with Crippen molar-refractivity contribution in [1.82, 2.24) is 15.0 Å². The van der Waals surface area contributed by atoms with Gasteiger partial charge in [-0.25, -0.2) is 4.79 Å². The Morgan fingerprint density at radius 2 is 2.06 bits per heavy atom. The van der Waals surface area contributed by atoms with Gasteiger partial charge in [-0.2, -0.15) is 4.68 Å². The van der Waals surface area contributed by atoms with Crippen molar-refractivity contribution in [2.24, 2.45) is 0 Å². The van der Waals surface area contributed by atoms with Crippen molar-refractivity contribution in [2.75, 3.05) is 13.2 Å². The number of rotatable bonds is 6. The molecule has 0 aliphatic carbocycles. The van der Waals surface area contributed by atoms with Crippen molar-refractivity contribution >= 4 is 23.3 Å². The Hall–Kier alpha value is -2.38. The van der Waals surface area contributed by atoms with Gasteiger partial charge in [0.05, 0.1) is 11.5 Å². The molecule has 0 radical (unpaired) electrons.